The lowest BCUT2D eigenvalue weighted by Gasteiger charge is -2.13. The van der Waals surface area contributed by atoms with Crippen LogP contribution in [-0.4, -0.2) is 21.5 Å². The molecule has 0 radical (unpaired) electrons. The van der Waals surface area contributed by atoms with Gasteiger partial charge >= 0.3 is 6.36 Å². The second-order valence-corrected chi connectivity index (χ2v) is 6.30. The summed E-state index contributed by atoms with van der Waals surface area (Å²) in [5.74, 6) is -0.440. The van der Waals surface area contributed by atoms with Crippen LogP contribution < -0.4 is 9.47 Å². The highest BCUT2D eigenvalue weighted by Crippen LogP contribution is 2.35. The van der Waals surface area contributed by atoms with Crippen molar-refractivity contribution in [3.8, 4) is 22.8 Å². The standard InChI is InChI=1S/C20H13F4N3O3/c1-11-7-12(3-4-16(11)29-20(22,23)24)13-8-14-17(9-15(13)21)30-27-19(14)28-10-18-25-5-2-6-26-18/h2-9H,10H2,1H3. The molecule has 2 heterocycles. The van der Waals surface area contributed by atoms with Gasteiger partial charge in [-0.3, -0.25) is 0 Å². The summed E-state index contributed by atoms with van der Waals surface area (Å²) in [5, 5.41) is 4.19. The number of nitrogens with zero attached hydrogens (tertiary/aromatic N) is 3. The largest absolute Gasteiger partial charge is 0.573 e. The van der Waals surface area contributed by atoms with Crippen LogP contribution in [0.2, 0.25) is 0 Å². The summed E-state index contributed by atoms with van der Waals surface area (Å²) >= 11 is 0. The summed E-state index contributed by atoms with van der Waals surface area (Å²) in [6.45, 7) is 1.46. The van der Waals surface area contributed by atoms with Gasteiger partial charge in [0.2, 0.25) is 0 Å². The van der Waals surface area contributed by atoms with Gasteiger partial charge < -0.3 is 14.0 Å². The molecule has 0 bridgehead atoms. The Kier molecular flexibility index (Phi) is 4.98. The molecule has 30 heavy (non-hydrogen) atoms. The first-order valence-electron chi connectivity index (χ1n) is 8.64. The van der Waals surface area contributed by atoms with Crippen molar-refractivity contribution in [1.82, 2.24) is 15.1 Å². The van der Waals surface area contributed by atoms with Gasteiger partial charge in [0, 0.05) is 24.0 Å². The molecule has 0 aliphatic heterocycles. The van der Waals surface area contributed by atoms with Crippen LogP contribution in [-0.2, 0) is 6.61 Å². The number of aryl methyl sites for hydroxylation is 1. The Hall–Kier alpha value is -3.69. The third kappa shape index (κ3) is 4.17. The van der Waals surface area contributed by atoms with Crippen LogP contribution in [0.1, 0.15) is 11.4 Å². The molecule has 0 unspecified atom stereocenters. The molecule has 0 aliphatic rings. The first kappa shape index (κ1) is 19.6. The van der Waals surface area contributed by atoms with Gasteiger partial charge in [-0.1, -0.05) is 6.07 Å². The van der Waals surface area contributed by atoms with Crippen molar-refractivity contribution in [2.45, 2.75) is 19.9 Å². The number of aromatic nitrogens is 3. The van der Waals surface area contributed by atoms with Gasteiger partial charge in [-0.15, -0.1) is 13.2 Å². The molecule has 10 heteroatoms. The van der Waals surface area contributed by atoms with Crippen molar-refractivity contribution in [1.29, 1.82) is 0 Å². The SMILES string of the molecule is Cc1cc(-c2cc3c(OCc4ncccn4)noc3cc2F)ccc1OC(F)(F)F. The average molecular weight is 419 g/mol. The molecule has 0 spiro atoms. The zero-order valence-electron chi connectivity index (χ0n) is 15.4. The second-order valence-electron chi connectivity index (χ2n) is 6.30. The molecule has 4 rings (SSSR count). The van der Waals surface area contributed by atoms with Gasteiger partial charge in [-0.2, -0.15) is 0 Å². The van der Waals surface area contributed by atoms with Crippen LogP contribution in [0, 0.1) is 12.7 Å². The number of hydrogen-bond acceptors (Lipinski definition) is 6. The van der Waals surface area contributed by atoms with Gasteiger partial charge in [-0.05, 0) is 47.5 Å². The van der Waals surface area contributed by atoms with Crippen molar-refractivity contribution in [2.75, 3.05) is 0 Å². The number of hydrogen-bond donors (Lipinski definition) is 0. The van der Waals surface area contributed by atoms with E-state index in [1.807, 2.05) is 0 Å². The highest BCUT2D eigenvalue weighted by molar-refractivity contribution is 5.87. The van der Waals surface area contributed by atoms with E-state index in [0.29, 0.717) is 16.8 Å². The molecule has 0 aliphatic carbocycles. The maximum atomic E-state index is 14.6. The van der Waals surface area contributed by atoms with E-state index in [-0.39, 0.29) is 34.9 Å². The first-order valence-corrected chi connectivity index (χ1v) is 8.64. The lowest BCUT2D eigenvalue weighted by Crippen LogP contribution is -2.17. The van der Waals surface area contributed by atoms with Gasteiger partial charge in [-0.25, -0.2) is 14.4 Å². The zero-order valence-corrected chi connectivity index (χ0v) is 15.4. The summed E-state index contributed by atoms with van der Waals surface area (Å²) < 4.78 is 66.6. The number of fused-ring (bicyclic) bond motifs is 1. The monoisotopic (exact) mass is 419 g/mol. The predicted octanol–water partition coefficient (Wildman–Crippen LogP) is 5.21. The van der Waals surface area contributed by atoms with Crippen molar-refractivity contribution in [3.63, 3.8) is 0 Å². The van der Waals surface area contributed by atoms with E-state index in [1.54, 1.807) is 18.5 Å². The third-order valence-electron chi connectivity index (χ3n) is 4.20. The Bertz CT molecular complexity index is 1190. The Morgan fingerprint density at radius 2 is 1.83 bits per heavy atom. The number of benzene rings is 2. The minimum absolute atomic E-state index is 0.0256. The van der Waals surface area contributed by atoms with E-state index in [1.165, 1.54) is 25.1 Å². The predicted molar refractivity (Wildman–Crippen MR) is 97.2 cm³/mol. The number of alkyl halides is 3. The topological polar surface area (TPSA) is 70.3 Å². The van der Waals surface area contributed by atoms with E-state index in [4.69, 9.17) is 9.26 Å². The van der Waals surface area contributed by atoms with Crippen molar-refractivity contribution in [3.05, 3.63) is 66.0 Å². The third-order valence-corrected chi connectivity index (χ3v) is 4.20. The molecular formula is C20H13F4N3O3. The fourth-order valence-corrected chi connectivity index (χ4v) is 2.86. The maximum Gasteiger partial charge on any atom is 0.573 e. The van der Waals surface area contributed by atoms with E-state index in [0.717, 1.165) is 12.1 Å². The van der Waals surface area contributed by atoms with Gasteiger partial charge in [0.15, 0.2) is 11.4 Å². The summed E-state index contributed by atoms with van der Waals surface area (Å²) in [7, 11) is 0. The van der Waals surface area contributed by atoms with Crippen LogP contribution in [0.25, 0.3) is 22.1 Å². The Balaban J connectivity index is 1.66. The van der Waals surface area contributed by atoms with Crippen molar-refractivity contribution < 1.29 is 31.6 Å². The molecule has 0 saturated heterocycles. The maximum absolute atomic E-state index is 14.6. The lowest BCUT2D eigenvalue weighted by molar-refractivity contribution is -0.274. The van der Waals surface area contributed by atoms with Crippen molar-refractivity contribution >= 4 is 11.0 Å². The normalized spacial score (nSPS) is 11.6. The van der Waals surface area contributed by atoms with Crippen molar-refractivity contribution in [2.24, 2.45) is 0 Å². The minimum atomic E-state index is -4.81. The number of ether oxygens (including phenoxy) is 2. The minimum Gasteiger partial charge on any atom is -0.467 e. The van der Waals surface area contributed by atoms with E-state index < -0.39 is 12.2 Å². The highest BCUT2D eigenvalue weighted by Gasteiger charge is 2.31. The van der Waals surface area contributed by atoms with E-state index >= 15 is 0 Å². The Morgan fingerprint density at radius 1 is 1.07 bits per heavy atom. The highest BCUT2D eigenvalue weighted by atomic mass is 19.4. The number of halogens is 4. The smallest absolute Gasteiger partial charge is 0.467 e. The number of rotatable bonds is 5. The lowest BCUT2D eigenvalue weighted by atomic mass is 10.0. The molecule has 0 fully saturated rings. The molecule has 0 atom stereocenters. The average Bonchev–Trinajstić information content (AvgIpc) is 3.09. The van der Waals surface area contributed by atoms with Crippen LogP contribution in [0.5, 0.6) is 11.6 Å². The van der Waals surface area contributed by atoms with E-state index in [2.05, 4.69) is 19.9 Å². The van der Waals surface area contributed by atoms with Crippen LogP contribution in [0.4, 0.5) is 17.6 Å². The molecule has 6 nitrogen and oxygen atoms in total. The second kappa shape index (κ2) is 7.62. The molecule has 154 valence electrons. The van der Waals surface area contributed by atoms with Crippen LogP contribution in [0.15, 0.2) is 53.3 Å². The van der Waals surface area contributed by atoms with Gasteiger partial charge in [0.1, 0.15) is 18.2 Å². The molecule has 0 amide bonds. The molecule has 0 N–H and O–H groups in total. The fourth-order valence-electron chi connectivity index (χ4n) is 2.86. The molecule has 0 saturated carbocycles. The summed E-state index contributed by atoms with van der Waals surface area (Å²) in [6.07, 6.45) is -1.68. The summed E-state index contributed by atoms with van der Waals surface area (Å²) in [5.41, 5.74) is 0.870. The summed E-state index contributed by atoms with van der Waals surface area (Å²) in [4.78, 5) is 8.07. The zero-order chi connectivity index (χ0) is 21.3. The van der Waals surface area contributed by atoms with Gasteiger partial charge in [0.05, 0.1) is 5.39 Å². The Morgan fingerprint density at radius 3 is 2.53 bits per heavy atom. The van der Waals surface area contributed by atoms with Crippen LogP contribution >= 0.6 is 0 Å². The van der Waals surface area contributed by atoms with E-state index in [9.17, 15) is 17.6 Å². The molecule has 2 aromatic carbocycles. The quantitative estimate of drug-likeness (QED) is 0.414. The van der Waals surface area contributed by atoms with Gasteiger partial charge in [0.25, 0.3) is 5.88 Å². The molecule has 4 aromatic rings. The molecular weight excluding hydrogens is 406 g/mol. The summed E-state index contributed by atoms with van der Waals surface area (Å²) in [6, 6.07) is 8.14. The Labute approximate surface area is 167 Å². The van der Waals surface area contributed by atoms with Crippen LogP contribution in [0.3, 0.4) is 0 Å². The molecule has 2 aromatic heterocycles. The first-order chi connectivity index (χ1) is 14.3. The fraction of sp³-hybridized carbons (Fsp3) is 0.150.